The van der Waals surface area contributed by atoms with Gasteiger partial charge < -0.3 is 10.0 Å². The largest absolute Gasteiger partial charge is 0.481 e. The van der Waals surface area contributed by atoms with Gasteiger partial charge in [0, 0.05) is 25.5 Å². The van der Waals surface area contributed by atoms with Crippen LogP contribution in [0, 0.1) is 5.92 Å². The smallest absolute Gasteiger partial charge is 0.307 e. The van der Waals surface area contributed by atoms with Crippen LogP contribution in [0.1, 0.15) is 18.9 Å². The van der Waals surface area contributed by atoms with Crippen LogP contribution in [0.15, 0.2) is 24.5 Å². The fraction of sp³-hybridized carbons (Fsp3) is 0.500. The first-order chi connectivity index (χ1) is 7.63. The van der Waals surface area contributed by atoms with Gasteiger partial charge in [0.1, 0.15) is 0 Å². The Balaban J connectivity index is 2.47. The Morgan fingerprint density at radius 3 is 2.62 bits per heavy atom. The van der Waals surface area contributed by atoms with E-state index in [1.807, 2.05) is 31.0 Å². The Morgan fingerprint density at radius 1 is 1.50 bits per heavy atom. The minimum atomic E-state index is -0.718. The van der Waals surface area contributed by atoms with Crippen molar-refractivity contribution in [3.05, 3.63) is 30.1 Å². The Labute approximate surface area is 95.9 Å². The Kier molecular flexibility index (Phi) is 4.92. The van der Waals surface area contributed by atoms with E-state index >= 15 is 0 Å². The van der Waals surface area contributed by atoms with Gasteiger partial charge in [0.2, 0.25) is 0 Å². The fourth-order valence-corrected chi connectivity index (χ4v) is 1.62. The van der Waals surface area contributed by atoms with Crippen LogP contribution in [0.2, 0.25) is 0 Å². The van der Waals surface area contributed by atoms with Gasteiger partial charge in [-0.2, -0.15) is 0 Å². The van der Waals surface area contributed by atoms with Gasteiger partial charge in [-0.25, -0.2) is 0 Å². The second-order valence-electron chi connectivity index (χ2n) is 4.00. The molecule has 4 heteroatoms. The summed E-state index contributed by atoms with van der Waals surface area (Å²) in [5.41, 5.74) is 1.15. The van der Waals surface area contributed by atoms with Gasteiger partial charge in [0.05, 0.1) is 5.92 Å². The number of carboxylic acid groups (broad SMARTS) is 1. The van der Waals surface area contributed by atoms with Gasteiger partial charge in [-0.15, -0.1) is 0 Å². The van der Waals surface area contributed by atoms with Crippen molar-refractivity contribution in [1.82, 2.24) is 9.88 Å². The zero-order valence-corrected chi connectivity index (χ0v) is 9.76. The summed E-state index contributed by atoms with van der Waals surface area (Å²) in [5.74, 6) is -1.00. The summed E-state index contributed by atoms with van der Waals surface area (Å²) in [6.45, 7) is 3.24. The molecule has 88 valence electrons. The monoisotopic (exact) mass is 222 g/mol. The third-order valence-corrected chi connectivity index (χ3v) is 2.58. The molecule has 0 aromatic carbocycles. The quantitative estimate of drug-likeness (QED) is 0.794. The van der Waals surface area contributed by atoms with Crippen molar-refractivity contribution < 1.29 is 9.90 Å². The van der Waals surface area contributed by atoms with Gasteiger partial charge in [-0.05, 0) is 31.2 Å². The van der Waals surface area contributed by atoms with E-state index in [1.54, 1.807) is 12.4 Å². The van der Waals surface area contributed by atoms with Crippen LogP contribution in [-0.4, -0.2) is 34.6 Å². The predicted molar refractivity (Wildman–Crippen MR) is 62.0 cm³/mol. The normalized spacial score (nSPS) is 12.7. The molecule has 1 heterocycles. The lowest BCUT2D eigenvalue weighted by atomic mass is 10.1. The maximum absolute atomic E-state index is 10.9. The first-order valence-electron chi connectivity index (χ1n) is 5.43. The molecule has 0 saturated heterocycles. The average Bonchev–Trinajstić information content (AvgIpc) is 2.27. The van der Waals surface area contributed by atoms with Gasteiger partial charge in [-0.1, -0.05) is 6.92 Å². The van der Waals surface area contributed by atoms with Crippen molar-refractivity contribution in [2.75, 3.05) is 13.6 Å². The number of nitrogens with zero attached hydrogens (tertiary/aromatic N) is 2. The zero-order valence-electron chi connectivity index (χ0n) is 9.76. The van der Waals surface area contributed by atoms with Crippen LogP contribution in [0.5, 0.6) is 0 Å². The molecule has 0 saturated carbocycles. The van der Waals surface area contributed by atoms with Crippen LogP contribution in [0.4, 0.5) is 0 Å². The number of pyridine rings is 1. The second kappa shape index (κ2) is 6.23. The molecule has 0 radical (unpaired) electrons. The number of carboxylic acids is 1. The topological polar surface area (TPSA) is 53.4 Å². The Morgan fingerprint density at radius 2 is 2.12 bits per heavy atom. The fourth-order valence-electron chi connectivity index (χ4n) is 1.62. The minimum absolute atomic E-state index is 0.285. The molecule has 0 fully saturated rings. The number of hydrogen-bond donors (Lipinski definition) is 1. The summed E-state index contributed by atoms with van der Waals surface area (Å²) in [6, 6.07) is 3.89. The molecule has 0 aliphatic heterocycles. The van der Waals surface area contributed by atoms with E-state index in [4.69, 9.17) is 5.11 Å². The van der Waals surface area contributed by atoms with E-state index in [0.29, 0.717) is 13.0 Å². The molecule has 1 rings (SSSR count). The molecular formula is C12H18N2O2. The summed E-state index contributed by atoms with van der Waals surface area (Å²) in [7, 11) is 1.94. The number of aliphatic carboxylic acids is 1. The second-order valence-corrected chi connectivity index (χ2v) is 4.00. The van der Waals surface area contributed by atoms with Gasteiger partial charge in [0.25, 0.3) is 0 Å². The van der Waals surface area contributed by atoms with E-state index in [2.05, 4.69) is 4.98 Å². The first-order valence-corrected chi connectivity index (χ1v) is 5.43. The molecule has 1 aromatic rings. The van der Waals surface area contributed by atoms with Gasteiger partial charge in [0.15, 0.2) is 0 Å². The first kappa shape index (κ1) is 12.6. The molecule has 0 aliphatic carbocycles. The van der Waals surface area contributed by atoms with Crippen molar-refractivity contribution in [3.8, 4) is 0 Å². The number of carbonyl (C=O) groups is 1. The highest BCUT2D eigenvalue weighted by molar-refractivity contribution is 5.70. The van der Waals surface area contributed by atoms with Crippen LogP contribution < -0.4 is 0 Å². The standard InChI is InChI=1S/C12H18N2O2/c1-3-11(12(15)16)9-14(2)8-10-4-6-13-7-5-10/h4-7,11H,3,8-9H2,1-2H3,(H,15,16). The van der Waals surface area contributed by atoms with E-state index in [1.165, 1.54) is 0 Å². The van der Waals surface area contributed by atoms with Crippen molar-refractivity contribution in [2.24, 2.45) is 5.92 Å². The number of rotatable bonds is 6. The van der Waals surface area contributed by atoms with Crippen molar-refractivity contribution in [3.63, 3.8) is 0 Å². The third kappa shape index (κ3) is 3.98. The van der Waals surface area contributed by atoms with E-state index in [-0.39, 0.29) is 5.92 Å². The van der Waals surface area contributed by atoms with Crippen LogP contribution >= 0.6 is 0 Å². The van der Waals surface area contributed by atoms with Crippen LogP contribution in [0.3, 0.4) is 0 Å². The summed E-state index contributed by atoms with van der Waals surface area (Å²) in [5, 5.41) is 8.95. The Hall–Kier alpha value is -1.42. The lowest BCUT2D eigenvalue weighted by Gasteiger charge is -2.20. The van der Waals surface area contributed by atoms with Crippen LogP contribution in [0.25, 0.3) is 0 Å². The highest BCUT2D eigenvalue weighted by atomic mass is 16.4. The average molecular weight is 222 g/mol. The molecule has 1 N–H and O–H groups in total. The molecule has 16 heavy (non-hydrogen) atoms. The van der Waals surface area contributed by atoms with Gasteiger partial charge >= 0.3 is 5.97 Å². The Bertz CT molecular complexity index is 327. The lowest BCUT2D eigenvalue weighted by molar-refractivity contribution is -0.142. The highest BCUT2D eigenvalue weighted by Gasteiger charge is 2.16. The maximum Gasteiger partial charge on any atom is 0.307 e. The van der Waals surface area contributed by atoms with E-state index < -0.39 is 5.97 Å². The third-order valence-electron chi connectivity index (χ3n) is 2.58. The summed E-state index contributed by atoms with van der Waals surface area (Å²) in [4.78, 5) is 16.9. The molecule has 1 unspecified atom stereocenters. The van der Waals surface area contributed by atoms with Crippen molar-refractivity contribution in [1.29, 1.82) is 0 Å². The lowest BCUT2D eigenvalue weighted by Crippen LogP contribution is -2.29. The number of hydrogen-bond acceptors (Lipinski definition) is 3. The van der Waals surface area contributed by atoms with Gasteiger partial charge in [-0.3, -0.25) is 9.78 Å². The summed E-state index contributed by atoms with van der Waals surface area (Å²) >= 11 is 0. The van der Waals surface area contributed by atoms with Crippen molar-refractivity contribution >= 4 is 5.97 Å². The molecule has 0 amide bonds. The minimum Gasteiger partial charge on any atom is -0.481 e. The number of aromatic nitrogens is 1. The SMILES string of the molecule is CCC(CN(C)Cc1ccncc1)C(=O)O. The molecular weight excluding hydrogens is 204 g/mol. The zero-order chi connectivity index (χ0) is 12.0. The molecule has 1 atom stereocenters. The molecule has 0 aliphatic rings. The van der Waals surface area contributed by atoms with Crippen LogP contribution in [-0.2, 0) is 11.3 Å². The van der Waals surface area contributed by atoms with E-state index in [0.717, 1.165) is 12.1 Å². The molecule has 4 nitrogen and oxygen atoms in total. The summed E-state index contributed by atoms with van der Waals surface area (Å²) < 4.78 is 0. The molecule has 1 aromatic heterocycles. The summed E-state index contributed by atoms with van der Waals surface area (Å²) in [6.07, 6.45) is 4.16. The maximum atomic E-state index is 10.9. The highest BCUT2D eigenvalue weighted by Crippen LogP contribution is 2.08. The van der Waals surface area contributed by atoms with E-state index in [9.17, 15) is 4.79 Å². The molecule has 0 spiro atoms. The predicted octanol–water partition coefficient (Wildman–Crippen LogP) is 1.62. The van der Waals surface area contributed by atoms with Crippen molar-refractivity contribution in [2.45, 2.75) is 19.9 Å². The molecule has 0 bridgehead atoms.